The van der Waals surface area contributed by atoms with Crippen molar-refractivity contribution in [3.05, 3.63) is 57.2 Å². The number of halogens is 1. The summed E-state index contributed by atoms with van der Waals surface area (Å²) in [4.78, 5) is 24.6. The average Bonchev–Trinajstić information content (AvgIpc) is 3.00. The number of nitrogens with one attached hydrogen (secondary N) is 2. The van der Waals surface area contributed by atoms with E-state index in [0.717, 1.165) is 10.4 Å². The highest BCUT2D eigenvalue weighted by molar-refractivity contribution is 7.10. The number of thiophene rings is 1. The van der Waals surface area contributed by atoms with E-state index < -0.39 is 0 Å². The summed E-state index contributed by atoms with van der Waals surface area (Å²) < 4.78 is 0. The van der Waals surface area contributed by atoms with E-state index in [1.54, 1.807) is 6.07 Å². The van der Waals surface area contributed by atoms with Crippen molar-refractivity contribution in [3.8, 4) is 0 Å². The van der Waals surface area contributed by atoms with Gasteiger partial charge in [-0.3, -0.25) is 9.59 Å². The Morgan fingerprint density at radius 2 is 1.91 bits per heavy atom. The maximum atomic E-state index is 12.3. The Balaban J connectivity index is 2.02. The largest absolute Gasteiger partial charge is 0.349 e. The van der Waals surface area contributed by atoms with E-state index in [0.29, 0.717) is 5.02 Å². The molecule has 0 unspecified atom stereocenters. The van der Waals surface area contributed by atoms with Crippen LogP contribution < -0.4 is 10.6 Å². The van der Waals surface area contributed by atoms with Gasteiger partial charge in [-0.1, -0.05) is 35.9 Å². The number of rotatable bonds is 6. The minimum absolute atomic E-state index is 0.135. The van der Waals surface area contributed by atoms with Crippen LogP contribution in [0, 0.1) is 0 Å². The van der Waals surface area contributed by atoms with Crippen molar-refractivity contribution in [2.75, 3.05) is 0 Å². The van der Waals surface area contributed by atoms with E-state index in [2.05, 4.69) is 10.6 Å². The molecule has 2 rings (SSSR count). The first-order valence-electron chi connectivity index (χ1n) is 7.31. The number of carbonyl (C=O) groups is 2. The molecule has 1 aromatic carbocycles. The highest BCUT2D eigenvalue weighted by atomic mass is 35.5. The summed E-state index contributed by atoms with van der Waals surface area (Å²) in [6.45, 7) is 3.34. The Morgan fingerprint density at radius 1 is 1.17 bits per heavy atom. The third-order valence-electron chi connectivity index (χ3n) is 3.40. The molecule has 0 aliphatic heterocycles. The smallest absolute Gasteiger partial charge is 0.222 e. The van der Waals surface area contributed by atoms with E-state index in [1.165, 1.54) is 18.3 Å². The minimum atomic E-state index is -0.314. The van der Waals surface area contributed by atoms with Crippen LogP contribution in [-0.2, 0) is 9.59 Å². The van der Waals surface area contributed by atoms with Crippen LogP contribution in [0.5, 0.6) is 0 Å². The highest BCUT2D eigenvalue weighted by Gasteiger charge is 2.20. The van der Waals surface area contributed by atoms with Gasteiger partial charge in [-0.05, 0) is 30.0 Å². The van der Waals surface area contributed by atoms with E-state index in [4.69, 9.17) is 11.6 Å². The fraction of sp³-hybridized carbons (Fsp3) is 0.294. The van der Waals surface area contributed by atoms with E-state index in [-0.39, 0.29) is 30.3 Å². The number of amides is 2. The molecule has 2 aromatic rings. The fourth-order valence-electron chi connectivity index (χ4n) is 2.35. The summed E-state index contributed by atoms with van der Waals surface area (Å²) in [6, 6.07) is 10.7. The van der Waals surface area contributed by atoms with Crippen molar-refractivity contribution in [2.45, 2.75) is 32.4 Å². The molecule has 122 valence electrons. The third-order valence-corrected chi connectivity index (χ3v) is 4.73. The summed E-state index contributed by atoms with van der Waals surface area (Å²) in [6.07, 6.45) is 0.189. The van der Waals surface area contributed by atoms with Crippen molar-refractivity contribution >= 4 is 34.8 Å². The lowest BCUT2D eigenvalue weighted by atomic mass is 10.1. The Labute approximate surface area is 144 Å². The van der Waals surface area contributed by atoms with Crippen LogP contribution >= 0.6 is 22.9 Å². The molecule has 0 aliphatic carbocycles. The third kappa shape index (κ3) is 5.08. The molecule has 4 nitrogen and oxygen atoms in total. The first kappa shape index (κ1) is 17.5. The quantitative estimate of drug-likeness (QED) is 0.831. The van der Waals surface area contributed by atoms with Crippen LogP contribution in [0.15, 0.2) is 41.8 Å². The lowest BCUT2D eigenvalue weighted by Crippen LogP contribution is -2.33. The van der Waals surface area contributed by atoms with Crippen molar-refractivity contribution < 1.29 is 9.59 Å². The second kappa shape index (κ2) is 8.13. The molecule has 2 amide bonds. The molecule has 0 saturated carbocycles. The Bertz CT molecular complexity index is 673. The number of benzene rings is 1. The van der Waals surface area contributed by atoms with Crippen LogP contribution in [0.4, 0.5) is 0 Å². The second-order valence-electron chi connectivity index (χ2n) is 5.28. The van der Waals surface area contributed by atoms with Crippen LogP contribution in [0.2, 0.25) is 5.02 Å². The molecular weight excluding hydrogens is 332 g/mol. The molecule has 1 heterocycles. The lowest BCUT2D eigenvalue weighted by Gasteiger charge is -2.19. The zero-order chi connectivity index (χ0) is 16.8. The van der Waals surface area contributed by atoms with Gasteiger partial charge in [0.1, 0.15) is 0 Å². The molecule has 6 heteroatoms. The number of carbonyl (C=O) groups excluding carboxylic acids is 2. The second-order valence-corrected chi connectivity index (χ2v) is 6.67. The number of hydrogen-bond acceptors (Lipinski definition) is 3. The van der Waals surface area contributed by atoms with Gasteiger partial charge in [-0.25, -0.2) is 0 Å². The van der Waals surface area contributed by atoms with Gasteiger partial charge in [-0.2, -0.15) is 0 Å². The Hall–Kier alpha value is -1.85. The van der Waals surface area contributed by atoms with Crippen molar-refractivity contribution in [2.24, 2.45) is 0 Å². The van der Waals surface area contributed by atoms with Crippen molar-refractivity contribution in [3.63, 3.8) is 0 Å². The highest BCUT2D eigenvalue weighted by Crippen LogP contribution is 2.24. The molecule has 23 heavy (non-hydrogen) atoms. The first-order chi connectivity index (χ1) is 11.0. The zero-order valence-electron chi connectivity index (χ0n) is 13.0. The maximum Gasteiger partial charge on any atom is 0.222 e. The van der Waals surface area contributed by atoms with Gasteiger partial charge in [0.15, 0.2) is 0 Å². The van der Waals surface area contributed by atoms with E-state index in [1.807, 2.05) is 42.6 Å². The molecule has 0 bridgehead atoms. The van der Waals surface area contributed by atoms with Crippen LogP contribution in [-0.4, -0.2) is 11.8 Å². The number of hydrogen-bond donors (Lipinski definition) is 2. The van der Waals surface area contributed by atoms with Crippen LogP contribution in [0.3, 0.4) is 0 Å². The molecule has 0 spiro atoms. The minimum Gasteiger partial charge on any atom is -0.349 e. The summed E-state index contributed by atoms with van der Waals surface area (Å²) in [5, 5.41) is 8.30. The van der Waals surface area contributed by atoms with E-state index in [9.17, 15) is 9.59 Å². The lowest BCUT2D eigenvalue weighted by molar-refractivity contribution is -0.123. The zero-order valence-corrected chi connectivity index (χ0v) is 14.6. The predicted octanol–water partition coefficient (Wildman–Crippen LogP) is 3.85. The molecular formula is C17H19ClN2O2S. The molecule has 1 aromatic heterocycles. The predicted molar refractivity (Wildman–Crippen MR) is 93.5 cm³/mol. The average molecular weight is 351 g/mol. The molecule has 0 saturated heterocycles. The Morgan fingerprint density at radius 3 is 2.52 bits per heavy atom. The van der Waals surface area contributed by atoms with Gasteiger partial charge < -0.3 is 10.6 Å². The Kier molecular flexibility index (Phi) is 6.19. The van der Waals surface area contributed by atoms with Gasteiger partial charge >= 0.3 is 0 Å². The molecule has 0 fully saturated rings. The van der Waals surface area contributed by atoms with Gasteiger partial charge in [0, 0.05) is 16.8 Å². The first-order valence-corrected chi connectivity index (χ1v) is 8.57. The molecule has 2 N–H and O–H groups in total. The fourth-order valence-corrected chi connectivity index (χ4v) is 3.42. The van der Waals surface area contributed by atoms with Crippen molar-refractivity contribution in [1.82, 2.24) is 10.6 Å². The summed E-state index contributed by atoms with van der Waals surface area (Å²) in [7, 11) is 0. The SMILES string of the molecule is CC(=O)N[C@H](CC(=O)N[C@@H](C)c1ccccc1Cl)c1cccs1. The molecule has 2 atom stereocenters. The van der Waals surface area contributed by atoms with Crippen molar-refractivity contribution in [1.29, 1.82) is 0 Å². The van der Waals surface area contributed by atoms with Crippen LogP contribution in [0.25, 0.3) is 0 Å². The standard InChI is InChI=1S/C17H19ClN2O2S/c1-11(13-6-3-4-7-14(13)18)19-17(22)10-15(20-12(2)21)16-8-5-9-23-16/h3-9,11,15H,10H2,1-2H3,(H,19,22)(H,20,21)/t11-,15+/m0/s1. The summed E-state index contributed by atoms with van der Waals surface area (Å²) in [5.41, 5.74) is 0.870. The van der Waals surface area contributed by atoms with Gasteiger partial charge in [-0.15, -0.1) is 11.3 Å². The van der Waals surface area contributed by atoms with Gasteiger partial charge in [0.05, 0.1) is 18.5 Å². The monoisotopic (exact) mass is 350 g/mol. The maximum absolute atomic E-state index is 12.3. The molecule has 0 radical (unpaired) electrons. The van der Waals surface area contributed by atoms with Gasteiger partial charge in [0.25, 0.3) is 0 Å². The normalized spacial score (nSPS) is 13.2. The van der Waals surface area contributed by atoms with Gasteiger partial charge in [0.2, 0.25) is 11.8 Å². The molecule has 0 aliphatic rings. The summed E-state index contributed by atoms with van der Waals surface area (Å²) in [5.74, 6) is -0.292. The van der Waals surface area contributed by atoms with E-state index >= 15 is 0 Å². The van der Waals surface area contributed by atoms with Crippen LogP contribution in [0.1, 0.15) is 42.8 Å². The summed E-state index contributed by atoms with van der Waals surface area (Å²) >= 11 is 7.67. The topological polar surface area (TPSA) is 58.2 Å².